The lowest BCUT2D eigenvalue weighted by atomic mass is 10.3. The zero-order chi connectivity index (χ0) is 15.4. The Hall–Kier alpha value is -2.35. The molecule has 0 fully saturated rings. The average molecular weight is 305 g/mol. The second-order valence-electron chi connectivity index (χ2n) is 4.98. The largest absolute Gasteiger partial charge is 0.383 e. The van der Waals surface area contributed by atoms with Crippen molar-refractivity contribution in [3.8, 4) is 11.4 Å². The highest BCUT2D eigenvalue weighted by molar-refractivity contribution is 7.90. The smallest absolute Gasteiger partial charge is 0.175 e. The van der Waals surface area contributed by atoms with E-state index in [4.69, 9.17) is 5.73 Å². The number of aromatic nitrogens is 4. The van der Waals surface area contributed by atoms with Crippen LogP contribution in [0.15, 0.2) is 29.3 Å². The van der Waals surface area contributed by atoms with Gasteiger partial charge >= 0.3 is 0 Å². The topological polar surface area (TPSA) is 95.8 Å². The van der Waals surface area contributed by atoms with Crippen molar-refractivity contribution in [2.45, 2.75) is 4.90 Å². The van der Waals surface area contributed by atoms with Gasteiger partial charge in [0.05, 0.1) is 27.7 Å². The van der Waals surface area contributed by atoms with Crippen molar-refractivity contribution in [3.63, 3.8) is 0 Å². The Kier molecular flexibility index (Phi) is 2.80. The SMILES string of the molecule is Cn1ncc(-c2nc3cc(S(C)(=O)=O)ccc3n2C)c1N. The highest BCUT2D eigenvalue weighted by atomic mass is 32.2. The highest BCUT2D eigenvalue weighted by Crippen LogP contribution is 2.28. The van der Waals surface area contributed by atoms with Crippen LogP contribution in [-0.2, 0) is 23.9 Å². The minimum atomic E-state index is -3.26. The van der Waals surface area contributed by atoms with Crippen LogP contribution in [0.25, 0.3) is 22.4 Å². The van der Waals surface area contributed by atoms with Gasteiger partial charge in [-0.05, 0) is 18.2 Å². The molecule has 0 atom stereocenters. The number of anilines is 1. The first kappa shape index (κ1) is 13.6. The third-order valence-electron chi connectivity index (χ3n) is 3.51. The summed E-state index contributed by atoms with van der Waals surface area (Å²) in [6, 6.07) is 4.89. The Morgan fingerprint density at radius 3 is 2.52 bits per heavy atom. The van der Waals surface area contributed by atoms with Gasteiger partial charge in [0.2, 0.25) is 0 Å². The molecule has 0 aliphatic rings. The van der Waals surface area contributed by atoms with Crippen molar-refractivity contribution in [1.82, 2.24) is 19.3 Å². The molecule has 0 aliphatic carbocycles. The molecule has 0 spiro atoms. The Balaban J connectivity index is 2.27. The van der Waals surface area contributed by atoms with E-state index in [1.54, 1.807) is 36.1 Å². The fraction of sp³-hybridized carbons (Fsp3) is 0.231. The second kappa shape index (κ2) is 4.32. The first-order chi connectivity index (χ1) is 9.79. The van der Waals surface area contributed by atoms with E-state index < -0.39 is 9.84 Å². The summed E-state index contributed by atoms with van der Waals surface area (Å²) in [6.45, 7) is 0. The van der Waals surface area contributed by atoms with E-state index in [0.717, 1.165) is 11.1 Å². The van der Waals surface area contributed by atoms with Crippen molar-refractivity contribution in [3.05, 3.63) is 24.4 Å². The van der Waals surface area contributed by atoms with Gasteiger partial charge in [-0.2, -0.15) is 5.10 Å². The lowest BCUT2D eigenvalue weighted by Gasteiger charge is -2.02. The summed E-state index contributed by atoms with van der Waals surface area (Å²) in [6.07, 6.45) is 2.82. The number of benzene rings is 1. The van der Waals surface area contributed by atoms with Gasteiger partial charge in [0.15, 0.2) is 9.84 Å². The number of fused-ring (bicyclic) bond motifs is 1. The molecule has 21 heavy (non-hydrogen) atoms. The molecule has 2 heterocycles. The zero-order valence-electron chi connectivity index (χ0n) is 11.9. The summed E-state index contributed by atoms with van der Waals surface area (Å²) in [7, 11) is 0.355. The summed E-state index contributed by atoms with van der Waals surface area (Å²) in [4.78, 5) is 4.74. The monoisotopic (exact) mass is 305 g/mol. The predicted octanol–water partition coefficient (Wildman–Crippen LogP) is 0.960. The van der Waals surface area contributed by atoms with E-state index in [0.29, 0.717) is 17.2 Å². The third kappa shape index (κ3) is 2.07. The van der Waals surface area contributed by atoms with Gasteiger partial charge in [-0.3, -0.25) is 4.68 Å². The number of sulfone groups is 1. The van der Waals surface area contributed by atoms with E-state index in [2.05, 4.69) is 10.1 Å². The first-order valence-corrected chi connectivity index (χ1v) is 8.12. The molecule has 7 nitrogen and oxygen atoms in total. The first-order valence-electron chi connectivity index (χ1n) is 6.23. The third-order valence-corrected chi connectivity index (χ3v) is 4.62. The van der Waals surface area contributed by atoms with Crippen LogP contribution in [0.1, 0.15) is 0 Å². The number of hydrogen-bond donors (Lipinski definition) is 1. The number of rotatable bonds is 2. The summed E-state index contributed by atoms with van der Waals surface area (Å²) in [5, 5.41) is 4.10. The number of nitrogens with zero attached hydrogens (tertiary/aromatic N) is 4. The summed E-state index contributed by atoms with van der Waals surface area (Å²) in [5.41, 5.74) is 8.14. The molecule has 0 amide bonds. The highest BCUT2D eigenvalue weighted by Gasteiger charge is 2.17. The van der Waals surface area contributed by atoms with Gasteiger partial charge in [-0.15, -0.1) is 0 Å². The predicted molar refractivity (Wildman–Crippen MR) is 80.4 cm³/mol. The maximum Gasteiger partial charge on any atom is 0.175 e. The van der Waals surface area contributed by atoms with Gasteiger partial charge in [0.1, 0.15) is 11.6 Å². The fourth-order valence-electron chi connectivity index (χ4n) is 2.27. The zero-order valence-corrected chi connectivity index (χ0v) is 12.7. The molecule has 2 aromatic heterocycles. The van der Waals surface area contributed by atoms with Crippen molar-refractivity contribution < 1.29 is 8.42 Å². The molecule has 110 valence electrons. The number of nitrogens with two attached hydrogens (primary N) is 1. The van der Waals surface area contributed by atoms with Crippen molar-refractivity contribution >= 4 is 26.7 Å². The molecule has 2 N–H and O–H groups in total. The van der Waals surface area contributed by atoms with E-state index in [-0.39, 0.29) is 4.90 Å². The Labute approximate surface area is 121 Å². The van der Waals surface area contributed by atoms with Gasteiger partial charge < -0.3 is 10.3 Å². The molecule has 0 saturated carbocycles. The van der Waals surface area contributed by atoms with Crippen LogP contribution in [0.5, 0.6) is 0 Å². The molecular weight excluding hydrogens is 290 g/mol. The fourth-order valence-corrected chi connectivity index (χ4v) is 2.91. The Bertz CT molecular complexity index is 953. The molecule has 3 aromatic rings. The van der Waals surface area contributed by atoms with Crippen LogP contribution in [0, 0.1) is 0 Å². The van der Waals surface area contributed by atoms with Crippen molar-refractivity contribution in [2.75, 3.05) is 12.0 Å². The van der Waals surface area contributed by atoms with Crippen molar-refractivity contribution in [1.29, 1.82) is 0 Å². The van der Waals surface area contributed by atoms with Crippen LogP contribution in [0.4, 0.5) is 5.82 Å². The molecule has 1 aromatic carbocycles. The maximum absolute atomic E-state index is 11.6. The normalized spacial score (nSPS) is 12.1. The van der Waals surface area contributed by atoms with Gasteiger partial charge in [0, 0.05) is 20.4 Å². The second-order valence-corrected chi connectivity index (χ2v) is 7.00. The van der Waals surface area contributed by atoms with Gasteiger partial charge in [0.25, 0.3) is 0 Å². The van der Waals surface area contributed by atoms with E-state index in [1.165, 1.54) is 6.26 Å². The van der Waals surface area contributed by atoms with Crippen LogP contribution < -0.4 is 5.73 Å². The summed E-state index contributed by atoms with van der Waals surface area (Å²) in [5.74, 6) is 1.16. The summed E-state index contributed by atoms with van der Waals surface area (Å²) < 4.78 is 26.7. The molecule has 0 unspecified atom stereocenters. The molecule has 0 saturated heterocycles. The standard InChI is InChI=1S/C13H15N5O2S/c1-17-11-5-4-8(21(3,19)20)6-10(11)16-13(17)9-7-15-18(2)12(9)14/h4-7H,14H2,1-3H3. The number of imidazole rings is 1. The van der Waals surface area contributed by atoms with E-state index >= 15 is 0 Å². The van der Waals surface area contributed by atoms with Crippen LogP contribution >= 0.6 is 0 Å². The van der Waals surface area contributed by atoms with Crippen molar-refractivity contribution in [2.24, 2.45) is 14.1 Å². The Morgan fingerprint density at radius 1 is 1.24 bits per heavy atom. The number of hydrogen-bond acceptors (Lipinski definition) is 5. The molecule has 0 aliphatic heterocycles. The quantitative estimate of drug-likeness (QED) is 0.760. The average Bonchev–Trinajstić information content (AvgIpc) is 2.90. The van der Waals surface area contributed by atoms with E-state index in [9.17, 15) is 8.42 Å². The minimum Gasteiger partial charge on any atom is -0.383 e. The summed E-state index contributed by atoms with van der Waals surface area (Å²) >= 11 is 0. The molecule has 8 heteroatoms. The van der Waals surface area contributed by atoms with Gasteiger partial charge in [-0.1, -0.05) is 0 Å². The number of aryl methyl sites for hydroxylation is 2. The molecule has 0 bridgehead atoms. The number of nitrogen functional groups attached to an aromatic ring is 1. The van der Waals surface area contributed by atoms with Crippen LogP contribution in [-0.4, -0.2) is 34.0 Å². The molecular formula is C13H15N5O2S. The lowest BCUT2D eigenvalue weighted by Crippen LogP contribution is -2.00. The maximum atomic E-state index is 11.6. The minimum absolute atomic E-state index is 0.249. The lowest BCUT2D eigenvalue weighted by molar-refractivity contribution is 0.602. The van der Waals surface area contributed by atoms with Gasteiger partial charge in [-0.25, -0.2) is 13.4 Å². The Morgan fingerprint density at radius 2 is 1.95 bits per heavy atom. The molecule has 3 rings (SSSR count). The molecule has 0 radical (unpaired) electrons. The van der Waals surface area contributed by atoms with E-state index in [1.807, 2.05) is 11.6 Å². The van der Waals surface area contributed by atoms with Crippen LogP contribution in [0.3, 0.4) is 0 Å². The van der Waals surface area contributed by atoms with Crippen LogP contribution in [0.2, 0.25) is 0 Å².